The quantitative estimate of drug-likeness (QED) is 0.794. The fourth-order valence-electron chi connectivity index (χ4n) is 1.02. The van der Waals surface area contributed by atoms with E-state index in [0.717, 1.165) is 0 Å². The number of nitrogens with two attached hydrogens (primary N) is 1. The van der Waals surface area contributed by atoms with Crippen LogP contribution in [0.15, 0.2) is 6.20 Å². The first-order chi connectivity index (χ1) is 7.39. The minimum absolute atomic E-state index is 0.343. The first-order valence-electron chi connectivity index (χ1n) is 3.88. The molecule has 2 N–H and O–H groups in total. The molecule has 1 rings (SSSR count). The van der Waals surface area contributed by atoms with Gasteiger partial charge in [0, 0.05) is 5.56 Å². The Morgan fingerprint density at radius 1 is 1.50 bits per heavy atom. The Morgan fingerprint density at radius 3 is 2.56 bits per heavy atom. The molecule has 1 heterocycles. The number of hydrogen-bond donors (Lipinski definition) is 1. The molecule has 0 aliphatic heterocycles. The molecule has 0 atom stereocenters. The second kappa shape index (κ2) is 4.22. The number of anilines is 1. The fourth-order valence-corrected chi connectivity index (χ4v) is 1.02. The van der Waals surface area contributed by atoms with Crippen LogP contribution in [0.25, 0.3) is 0 Å². The second-order valence-corrected chi connectivity index (χ2v) is 2.65. The Bertz CT molecular complexity index is 438. The van der Waals surface area contributed by atoms with Gasteiger partial charge in [-0.25, -0.2) is 9.37 Å². The Balaban J connectivity index is 3.26. The molecule has 0 saturated carbocycles. The highest BCUT2D eigenvalue weighted by atomic mass is 19.4. The maximum Gasteiger partial charge on any atom is 0.573 e. The van der Waals surface area contributed by atoms with Gasteiger partial charge in [0.1, 0.15) is 24.1 Å². The molecule has 0 unspecified atom stereocenters. The lowest BCUT2D eigenvalue weighted by Gasteiger charge is -2.12. The molecule has 86 valence electrons. The number of nitriles is 1. The molecule has 0 radical (unpaired) electrons. The van der Waals surface area contributed by atoms with Gasteiger partial charge in [-0.2, -0.15) is 5.26 Å². The molecule has 8 heteroatoms. The van der Waals surface area contributed by atoms with Crippen LogP contribution in [-0.4, -0.2) is 11.3 Å². The minimum Gasteiger partial charge on any atom is -0.404 e. The van der Waals surface area contributed by atoms with Crippen LogP contribution in [0.3, 0.4) is 0 Å². The molecular formula is C8H5F4N3O. The summed E-state index contributed by atoms with van der Waals surface area (Å²) >= 11 is 0. The van der Waals surface area contributed by atoms with Crippen molar-refractivity contribution in [1.82, 2.24) is 4.98 Å². The van der Waals surface area contributed by atoms with Crippen LogP contribution in [0.1, 0.15) is 11.1 Å². The molecule has 16 heavy (non-hydrogen) atoms. The third-order valence-electron chi connectivity index (χ3n) is 1.65. The van der Waals surface area contributed by atoms with Gasteiger partial charge in [-0.05, 0) is 0 Å². The van der Waals surface area contributed by atoms with E-state index in [1.54, 1.807) is 0 Å². The minimum atomic E-state index is -4.98. The summed E-state index contributed by atoms with van der Waals surface area (Å²) in [5, 5.41) is 8.58. The van der Waals surface area contributed by atoms with E-state index in [1.165, 1.54) is 6.07 Å². The van der Waals surface area contributed by atoms with Crippen molar-refractivity contribution in [3.05, 3.63) is 17.3 Å². The zero-order chi connectivity index (χ0) is 12.3. The topological polar surface area (TPSA) is 71.9 Å². The van der Waals surface area contributed by atoms with E-state index in [9.17, 15) is 17.6 Å². The van der Waals surface area contributed by atoms with Crippen molar-refractivity contribution in [2.75, 3.05) is 5.73 Å². The van der Waals surface area contributed by atoms with Gasteiger partial charge < -0.3 is 10.5 Å². The van der Waals surface area contributed by atoms with Gasteiger partial charge in [-0.15, -0.1) is 13.2 Å². The summed E-state index contributed by atoms with van der Waals surface area (Å²) in [6.45, 7) is -1.30. The number of aromatic nitrogens is 1. The van der Waals surface area contributed by atoms with Gasteiger partial charge in [-0.1, -0.05) is 0 Å². The average molecular weight is 235 g/mol. The summed E-state index contributed by atoms with van der Waals surface area (Å²) in [6.07, 6.45) is -4.35. The first-order valence-corrected chi connectivity index (χ1v) is 3.88. The predicted octanol–water partition coefficient (Wildman–Crippen LogP) is 1.90. The number of nitrogens with zero attached hydrogens (tertiary/aromatic N) is 2. The van der Waals surface area contributed by atoms with E-state index in [-0.39, 0.29) is 5.82 Å². The number of alkyl halides is 4. The zero-order valence-electron chi connectivity index (χ0n) is 7.68. The number of ether oxygens (including phenoxy) is 1. The van der Waals surface area contributed by atoms with Gasteiger partial charge >= 0.3 is 6.36 Å². The van der Waals surface area contributed by atoms with Gasteiger partial charge in [0.05, 0.1) is 6.20 Å². The smallest absolute Gasteiger partial charge is 0.404 e. The molecule has 0 aliphatic rings. The summed E-state index contributed by atoms with van der Waals surface area (Å²) in [5.74, 6) is -1.20. The third-order valence-corrected chi connectivity index (χ3v) is 1.65. The van der Waals surface area contributed by atoms with E-state index in [2.05, 4.69) is 9.72 Å². The fraction of sp³-hybridized carbons (Fsp3) is 0.250. The van der Waals surface area contributed by atoms with Gasteiger partial charge in [0.25, 0.3) is 0 Å². The molecule has 1 aromatic rings. The summed E-state index contributed by atoms with van der Waals surface area (Å²) in [5.41, 5.74) is 4.19. The summed E-state index contributed by atoms with van der Waals surface area (Å²) < 4.78 is 51.7. The van der Waals surface area contributed by atoms with Crippen molar-refractivity contribution in [2.45, 2.75) is 13.0 Å². The van der Waals surface area contributed by atoms with E-state index < -0.39 is 29.9 Å². The average Bonchev–Trinajstić information content (AvgIpc) is 2.18. The van der Waals surface area contributed by atoms with Crippen LogP contribution in [0.5, 0.6) is 5.75 Å². The molecule has 0 fully saturated rings. The van der Waals surface area contributed by atoms with Crippen molar-refractivity contribution in [2.24, 2.45) is 0 Å². The highest BCUT2D eigenvalue weighted by molar-refractivity contribution is 5.57. The lowest BCUT2D eigenvalue weighted by molar-refractivity contribution is -0.275. The number of rotatable bonds is 2. The number of pyridine rings is 1. The van der Waals surface area contributed by atoms with Crippen molar-refractivity contribution in [3.8, 4) is 11.8 Å². The van der Waals surface area contributed by atoms with Crippen molar-refractivity contribution >= 4 is 5.82 Å². The Hall–Kier alpha value is -2.04. The molecule has 0 aliphatic carbocycles. The third kappa shape index (κ3) is 2.50. The van der Waals surface area contributed by atoms with Crippen LogP contribution < -0.4 is 10.5 Å². The highest BCUT2D eigenvalue weighted by Crippen LogP contribution is 2.30. The van der Waals surface area contributed by atoms with Gasteiger partial charge in [-0.3, -0.25) is 0 Å². The Labute approximate surface area is 87.3 Å². The SMILES string of the molecule is N#Cc1c(N)ncc(OC(F)(F)F)c1CF. The molecule has 0 spiro atoms. The normalized spacial score (nSPS) is 10.9. The molecule has 0 bridgehead atoms. The summed E-state index contributed by atoms with van der Waals surface area (Å²) in [7, 11) is 0. The molecule has 0 amide bonds. The highest BCUT2D eigenvalue weighted by Gasteiger charge is 2.33. The van der Waals surface area contributed by atoms with E-state index in [1.807, 2.05) is 0 Å². The Kier molecular flexibility index (Phi) is 3.17. The maximum absolute atomic E-state index is 12.5. The van der Waals surface area contributed by atoms with Crippen LogP contribution in [0.4, 0.5) is 23.4 Å². The molecule has 0 aromatic carbocycles. The van der Waals surface area contributed by atoms with E-state index in [0.29, 0.717) is 6.20 Å². The summed E-state index contributed by atoms with van der Waals surface area (Å²) in [4.78, 5) is 3.31. The largest absolute Gasteiger partial charge is 0.573 e. The van der Waals surface area contributed by atoms with E-state index in [4.69, 9.17) is 11.0 Å². The van der Waals surface area contributed by atoms with Gasteiger partial charge in [0.15, 0.2) is 5.75 Å². The lowest BCUT2D eigenvalue weighted by Crippen LogP contribution is -2.19. The first kappa shape index (κ1) is 12.0. The van der Waals surface area contributed by atoms with Crippen molar-refractivity contribution < 1.29 is 22.3 Å². The van der Waals surface area contributed by atoms with Crippen molar-refractivity contribution in [3.63, 3.8) is 0 Å². The summed E-state index contributed by atoms with van der Waals surface area (Å²) in [6, 6.07) is 1.47. The Morgan fingerprint density at radius 2 is 2.12 bits per heavy atom. The van der Waals surface area contributed by atoms with Gasteiger partial charge in [0.2, 0.25) is 0 Å². The number of hydrogen-bond acceptors (Lipinski definition) is 4. The van der Waals surface area contributed by atoms with Crippen molar-refractivity contribution in [1.29, 1.82) is 5.26 Å². The van der Waals surface area contributed by atoms with Crippen LogP contribution in [0.2, 0.25) is 0 Å². The second-order valence-electron chi connectivity index (χ2n) is 2.65. The van der Waals surface area contributed by atoms with Crippen LogP contribution >= 0.6 is 0 Å². The number of halogens is 4. The predicted molar refractivity (Wildman–Crippen MR) is 44.9 cm³/mol. The molecule has 0 saturated heterocycles. The molecule has 4 nitrogen and oxygen atoms in total. The standard InChI is InChI=1S/C8H5F4N3O/c9-1-4-5(2-13)7(14)15-3-6(4)16-8(10,11)12/h3H,1H2,(H2,14,15). The van der Waals surface area contributed by atoms with Crippen LogP contribution in [-0.2, 0) is 6.67 Å². The molecule has 1 aromatic heterocycles. The molecular weight excluding hydrogens is 230 g/mol. The van der Waals surface area contributed by atoms with Crippen LogP contribution in [0, 0.1) is 11.3 Å². The monoisotopic (exact) mass is 235 g/mol. The van der Waals surface area contributed by atoms with E-state index >= 15 is 0 Å². The lowest BCUT2D eigenvalue weighted by atomic mass is 10.1. The zero-order valence-corrected chi connectivity index (χ0v) is 7.68. The number of nitrogen functional groups attached to an aromatic ring is 1. The maximum atomic E-state index is 12.5.